The Hall–Kier alpha value is -2.67. The van der Waals surface area contributed by atoms with Crippen LogP contribution >= 0.6 is 0 Å². The molecule has 0 fully saturated rings. The van der Waals surface area contributed by atoms with Crippen LogP contribution in [-0.2, 0) is 6.42 Å². The van der Waals surface area contributed by atoms with E-state index in [1.165, 1.54) is 35.1 Å². The molecule has 3 atom stereocenters. The first-order valence-corrected chi connectivity index (χ1v) is 10.1. The molecule has 0 saturated heterocycles. The Balaban J connectivity index is 1.80. The van der Waals surface area contributed by atoms with E-state index in [-0.39, 0.29) is 6.04 Å². The fraction of sp³-hybridized carbons (Fsp3) is 0.269. The van der Waals surface area contributed by atoms with Crippen molar-refractivity contribution in [3.8, 4) is 0 Å². The maximum atomic E-state index is 5.10. The number of aliphatic imine (C=N–C) groups is 1. The molecule has 136 valence electrons. The predicted octanol–water partition coefficient (Wildman–Crippen LogP) is 6.60. The second-order valence-corrected chi connectivity index (χ2v) is 7.51. The van der Waals surface area contributed by atoms with Gasteiger partial charge in [0.25, 0.3) is 0 Å². The highest BCUT2D eigenvalue weighted by molar-refractivity contribution is 5.83. The molecular weight excluding hydrogens is 326 g/mol. The van der Waals surface area contributed by atoms with Gasteiger partial charge in [0.1, 0.15) is 0 Å². The molecule has 0 aliphatic carbocycles. The molecule has 0 unspecified atom stereocenters. The van der Waals surface area contributed by atoms with Crippen molar-refractivity contribution in [2.45, 2.75) is 38.1 Å². The summed E-state index contributed by atoms with van der Waals surface area (Å²) in [6.45, 7) is 2.29. The van der Waals surface area contributed by atoms with E-state index in [2.05, 4.69) is 98.1 Å². The van der Waals surface area contributed by atoms with E-state index in [1.54, 1.807) is 0 Å². The predicted molar refractivity (Wildman–Crippen MR) is 115 cm³/mol. The van der Waals surface area contributed by atoms with Crippen LogP contribution in [0.3, 0.4) is 0 Å². The van der Waals surface area contributed by atoms with Crippen molar-refractivity contribution in [1.82, 2.24) is 0 Å². The minimum Gasteiger partial charge on any atom is -0.284 e. The Labute approximate surface area is 162 Å². The van der Waals surface area contributed by atoms with E-state index in [9.17, 15) is 0 Å². The fourth-order valence-corrected chi connectivity index (χ4v) is 4.49. The van der Waals surface area contributed by atoms with Gasteiger partial charge >= 0.3 is 0 Å². The SMILES string of the molecule is CCC[C@H]1[C@H](Cc2ccccc2)c2ccccc2C=N[C@H]1c1ccccc1. The molecule has 1 heteroatoms. The van der Waals surface area contributed by atoms with Gasteiger partial charge in [-0.15, -0.1) is 0 Å². The second-order valence-electron chi connectivity index (χ2n) is 7.51. The van der Waals surface area contributed by atoms with Gasteiger partial charge in [0.2, 0.25) is 0 Å². The van der Waals surface area contributed by atoms with Crippen molar-refractivity contribution in [2.75, 3.05) is 0 Å². The average Bonchev–Trinajstić information content (AvgIpc) is 2.88. The van der Waals surface area contributed by atoms with Gasteiger partial charge in [-0.2, -0.15) is 0 Å². The van der Waals surface area contributed by atoms with Crippen molar-refractivity contribution in [3.63, 3.8) is 0 Å². The van der Waals surface area contributed by atoms with Crippen molar-refractivity contribution in [3.05, 3.63) is 107 Å². The molecule has 0 bridgehead atoms. The average molecular weight is 354 g/mol. The molecule has 1 heterocycles. The zero-order valence-electron chi connectivity index (χ0n) is 16.0. The van der Waals surface area contributed by atoms with Crippen LogP contribution in [0, 0.1) is 5.92 Å². The number of benzene rings is 3. The number of hydrogen-bond donors (Lipinski definition) is 0. The lowest BCUT2D eigenvalue weighted by Gasteiger charge is -2.31. The number of nitrogens with zero attached hydrogens (tertiary/aromatic N) is 1. The standard InChI is InChI=1S/C26H27N/c1-2-11-24-25(18-20-12-5-3-6-13-20)23-17-10-9-16-22(23)19-27-26(24)21-14-7-4-8-15-21/h3-10,12-17,19,24-26H,2,11,18H2,1H3/t24-,25+,26-/m0/s1. The van der Waals surface area contributed by atoms with Crippen molar-refractivity contribution >= 4 is 6.21 Å². The molecule has 1 nitrogen and oxygen atoms in total. The number of rotatable bonds is 5. The summed E-state index contributed by atoms with van der Waals surface area (Å²) >= 11 is 0. The molecule has 0 saturated carbocycles. The molecule has 0 aromatic heterocycles. The molecule has 27 heavy (non-hydrogen) atoms. The molecule has 1 aliphatic heterocycles. The lowest BCUT2D eigenvalue weighted by Crippen LogP contribution is -2.21. The third-order valence-electron chi connectivity index (χ3n) is 5.75. The summed E-state index contributed by atoms with van der Waals surface area (Å²) in [4.78, 5) is 5.10. The van der Waals surface area contributed by atoms with Crippen LogP contribution in [0.4, 0.5) is 0 Å². The number of hydrogen-bond acceptors (Lipinski definition) is 1. The molecule has 3 aromatic rings. The molecule has 3 aromatic carbocycles. The minimum atomic E-state index is 0.215. The van der Waals surface area contributed by atoms with E-state index >= 15 is 0 Å². The third-order valence-corrected chi connectivity index (χ3v) is 5.75. The van der Waals surface area contributed by atoms with Crippen LogP contribution in [0.15, 0.2) is 89.9 Å². The van der Waals surface area contributed by atoms with Crippen molar-refractivity contribution < 1.29 is 0 Å². The first kappa shape index (κ1) is 17.7. The molecule has 0 N–H and O–H groups in total. The van der Waals surface area contributed by atoms with Gasteiger partial charge in [0.15, 0.2) is 0 Å². The second kappa shape index (κ2) is 8.35. The summed E-state index contributed by atoms with van der Waals surface area (Å²) in [7, 11) is 0. The summed E-state index contributed by atoms with van der Waals surface area (Å²) in [6.07, 6.45) is 5.54. The van der Waals surface area contributed by atoms with Crippen molar-refractivity contribution in [2.24, 2.45) is 10.9 Å². The van der Waals surface area contributed by atoms with Crippen LogP contribution in [0.1, 0.15) is 54.0 Å². The molecular formula is C26H27N. The van der Waals surface area contributed by atoms with Crippen molar-refractivity contribution in [1.29, 1.82) is 0 Å². The zero-order chi connectivity index (χ0) is 18.5. The normalized spacial score (nSPS) is 21.4. The summed E-state index contributed by atoms with van der Waals surface area (Å²) in [5, 5.41) is 0. The molecule has 4 rings (SSSR count). The maximum absolute atomic E-state index is 5.10. The smallest absolute Gasteiger partial charge is 0.0783 e. The first-order chi connectivity index (χ1) is 13.4. The topological polar surface area (TPSA) is 12.4 Å². The van der Waals surface area contributed by atoms with E-state index in [0.717, 1.165) is 6.42 Å². The van der Waals surface area contributed by atoms with E-state index in [0.29, 0.717) is 11.8 Å². The van der Waals surface area contributed by atoms with Gasteiger partial charge in [-0.25, -0.2) is 0 Å². The third kappa shape index (κ3) is 3.88. The first-order valence-electron chi connectivity index (χ1n) is 10.1. The lowest BCUT2D eigenvalue weighted by atomic mass is 9.74. The lowest BCUT2D eigenvalue weighted by molar-refractivity contribution is 0.331. The van der Waals surface area contributed by atoms with Gasteiger partial charge in [-0.3, -0.25) is 4.99 Å². The Kier molecular flexibility index (Phi) is 5.48. The monoisotopic (exact) mass is 353 g/mol. The summed E-state index contributed by atoms with van der Waals surface area (Å²) in [6, 6.07) is 30.8. The van der Waals surface area contributed by atoms with Gasteiger partial charge in [-0.1, -0.05) is 98.3 Å². The maximum Gasteiger partial charge on any atom is 0.0783 e. The van der Waals surface area contributed by atoms with Crippen LogP contribution in [0.25, 0.3) is 0 Å². The van der Waals surface area contributed by atoms with Gasteiger partial charge in [0, 0.05) is 6.21 Å². The Morgan fingerprint density at radius 2 is 1.44 bits per heavy atom. The van der Waals surface area contributed by atoms with E-state index < -0.39 is 0 Å². The van der Waals surface area contributed by atoms with Crippen LogP contribution in [0.2, 0.25) is 0 Å². The Morgan fingerprint density at radius 3 is 2.19 bits per heavy atom. The Morgan fingerprint density at radius 1 is 0.778 bits per heavy atom. The summed E-state index contributed by atoms with van der Waals surface area (Å²) in [5.74, 6) is 0.966. The Bertz CT molecular complexity index is 882. The van der Waals surface area contributed by atoms with E-state index in [4.69, 9.17) is 4.99 Å². The number of fused-ring (bicyclic) bond motifs is 1. The summed E-state index contributed by atoms with van der Waals surface area (Å²) in [5.41, 5.74) is 5.46. The molecule has 0 radical (unpaired) electrons. The summed E-state index contributed by atoms with van der Waals surface area (Å²) < 4.78 is 0. The molecule has 0 spiro atoms. The minimum absolute atomic E-state index is 0.215. The van der Waals surface area contributed by atoms with Crippen LogP contribution < -0.4 is 0 Å². The fourth-order valence-electron chi connectivity index (χ4n) is 4.49. The van der Waals surface area contributed by atoms with E-state index in [1.807, 2.05) is 0 Å². The van der Waals surface area contributed by atoms with Gasteiger partial charge in [0.05, 0.1) is 6.04 Å². The highest BCUT2D eigenvalue weighted by Gasteiger charge is 2.33. The zero-order valence-corrected chi connectivity index (χ0v) is 16.0. The van der Waals surface area contributed by atoms with Gasteiger partial charge < -0.3 is 0 Å². The molecule has 0 amide bonds. The highest BCUT2D eigenvalue weighted by Crippen LogP contribution is 2.44. The largest absolute Gasteiger partial charge is 0.284 e. The quantitative estimate of drug-likeness (QED) is 0.490. The highest BCUT2D eigenvalue weighted by atomic mass is 14.8. The molecule has 1 aliphatic rings. The van der Waals surface area contributed by atoms with Gasteiger partial charge in [-0.05, 0) is 46.9 Å². The van der Waals surface area contributed by atoms with Crippen LogP contribution in [-0.4, -0.2) is 6.21 Å². The van der Waals surface area contributed by atoms with Crippen LogP contribution in [0.5, 0.6) is 0 Å².